The van der Waals surface area contributed by atoms with Crippen molar-refractivity contribution in [3.63, 3.8) is 0 Å². The average molecular weight is 560 g/mol. The summed E-state index contributed by atoms with van der Waals surface area (Å²) in [6.45, 7) is 3.09. The molecular formula is C25H26ClN5O4S2. The summed E-state index contributed by atoms with van der Waals surface area (Å²) in [6.07, 6.45) is 1.53. The van der Waals surface area contributed by atoms with E-state index in [1.165, 1.54) is 24.4 Å². The van der Waals surface area contributed by atoms with Gasteiger partial charge in [-0.05, 0) is 42.5 Å². The van der Waals surface area contributed by atoms with E-state index in [2.05, 4.69) is 24.6 Å². The summed E-state index contributed by atoms with van der Waals surface area (Å²) in [5.74, 6) is 0. The van der Waals surface area contributed by atoms with E-state index in [1.807, 2.05) is 0 Å². The molecule has 0 amide bonds. The molecule has 9 nitrogen and oxygen atoms in total. The average Bonchev–Trinajstić information content (AvgIpc) is 2.90. The van der Waals surface area contributed by atoms with Gasteiger partial charge in [0.15, 0.2) is 0 Å². The quantitative estimate of drug-likeness (QED) is 0.316. The number of rotatable bonds is 7. The molecule has 5 rings (SSSR count). The van der Waals surface area contributed by atoms with E-state index in [4.69, 9.17) is 0 Å². The van der Waals surface area contributed by atoms with Crippen molar-refractivity contribution >= 4 is 60.4 Å². The number of nitrogens with zero attached hydrogens (tertiary/aromatic N) is 2. The molecule has 0 unspecified atom stereocenters. The maximum Gasteiger partial charge on any atom is 0.264 e. The van der Waals surface area contributed by atoms with E-state index in [0.717, 1.165) is 31.9 Å². The molecule has 4 aromatic rings. The third-order valence-electron chi connectivity index (χ3n) is 5.91. The molecule has 1 aromatic heterocycles. The number of anilines is 3. The van der Waals surface area contributed by atoms with Crippen LogP contribution >= 0.6 is 12.4 Å². The number of benzene rings is 3. The van der Waals surface area contributed by atoms with Gasteiger partial charge in [0.2, 0.25) is 0 Å². The number of hydrogen-bond acceptors (Lipinski definition) is 7. The van der Waals surface area contributed by atoms with Gasteiger partial charge in [0.1, 0.15) is 4.90 Å². The van der Waals surface area contributed by atoms with Gasteiger partial charge in [0, 0.05) is 43.4 Å². The van der Waals surface area contributed by atoms with Crippen LogP contribution in [-0.4, -0.2) is 48.0 Å². The Kier molecular flexibility index (Phi) is 7.88. The van der Waals surface area contributed by atoms with Crippen LogP contribution < -0.4 is 19.7 Å². The first-order valence-electron chi connectivity index (χ1n) is 11.4. The first kappa shape index (κ1) is 26.7. The van der Waals surface area contributed by atoms with E-state index in [0.29, 0.717) is 10.9 Å². The second-order valence-corrected chi connectivity index (χ2v) is 11.7. The second kappa shape index (κ2) is 10.9. The van der Waals surface area contributed by atoms with Crippen LogP contribution in [0.15, 0.2) is 94.9 Å². The zero-order chi connectivity index (χ0) is 25.2. The number of para-hydroxylation sites is 1. The van der Waals surface area contributed by atoms with E-state index in [9.17, 15) is 16.8 Å². The smallest absolute Gasteiger partial charge is 0.264 e. The highest BCUT2D eigenvalue weighted by Gasteiger charge is 2.23. The molecular weight excluding hydrogens is 534 g/mol. The van der Waals surface area contributed by atoms with Crippen molar-refractivity contribution in [2.45, 2.75) is 9.79 Å². The van der Waals surface area contributed by atoms with Crippen LogP contribution in [0.2, 0.25) is 0 Å². The van der Waals surface area contributed by atoms with Gasteiger partial charge >= 0.3 is 0 Å². The van der Waals surface area contributed by atoms with Crippen molar-refractivity contribution in [1.82, 2.24) is 10.3 Å². The van der Waals surface area contributed by atoms with Crippen molar-refractivity contribution in [2.75, 3.05) is 40.5 Å². The highest BCUT2D eigenvalue weighted by molar-refractivity contribution is 7.93. The predicted molar refractivity (Wildman–Crippen MR) is 149 cm³/mol. The third-order valence-corrected chi connectivity index (χ3v) is 8.69. The fourth-order valence-electron chi connectivity index (χ4n) is 4.12. The standard InChI is InChI=1S/C25H25N5O4S2.ClH/c31-35(32,21-8-2-1-3-9-21)29-23-18-20(30-16-14-26-15-17-30)11-12-22(23)28-36(33,34)24-10-4-6-19-7-5-13-27-25(19)24;/h1-13,18,26,28-29H,14-17H2;1H. The maximum atomic E-state index is 13.4. The summed E-state index contributed by atoms with van der Waals surface area (Å²) in [6, 6.07) is 21.4. The Bertz CT molecular complexity index is 1610. The van der Waals surface area contributed by atoms with Crippen LogP contribution in [0.4, 0.5) is 17.1 Å². The van der Waals surface area contributed by atoms with Gasteiger partial charge in [-0.3, -0.25) is 14.4 Å². The summed E-state index contributed by atoms with van der Waals surface area (Å²) in [5.41, 5.74) is 1.36. The molecule has 1 aliphatic heterocycles. The number of sulfonamides is 2. The maximum absolute atomic E-state index is 13.4. The van der Waals surface area contributed by atoms with Gasteiger partial charge in [-0.25, -0.2) is 16.8 Å². The van der Waals surface area contributed by atoms with Crippen LogP contribution in [0.3, 0.4) is 0 Å². The summed E-state index contributed by atoms with van der Waals surface area (Å²) < 4.78 is 58.3. The molecule has 0 radical (unpaired) electrons. The van der Waals surface area contributed by atoms with Gasteiger partial charge in [0.05, 0.1) is 21.8 Å². The molecule has 0 atom stereocenters. The molecule has 2 heterocycles. The molecule has 37 heavy (non-hydrogen) atoms. The summed E-state index contributed by atoms with van der Waals surface area (Å²) in [4.78, 5) is 6.43. The second-order valence-electron chi connectivity index (χ2n) is 8.32. The molecule has 3 N–H and O–H groups in total. The van der Waals surface area contributed by atoms with Crippen LogP contribution in [0.5, 0.6) is 0 Å². The number of piperazine rings is 1. The van der Waals surface area contributed by atoms with E-state index >= 15 is 0 Å². The lowest BCUT2D eigenvalue weighted by atomic mass is 10.2. The molecule has 0 saturated carbocycles. The van der Waals surface area contributed by atoms with Crippen LogP contribution in [0.1, 0.15) is 0 Å². The van der Waals surface area contributed by atoms with Crippen molar-refractivity contribution in [1.29, 1.82) is 0 Å². The molecule has 1 saturated heterocycles. The molecule has 3 aromatic carbocycles. The summed E-state index contributed by atoms with van der Waals surface area (Å²) >= 11 is 0. The molecule has 1 aliphatic rings. The van der Waals surface area contributed by atoms with E-state index < -0.39 is 20.0 Å². The highest BCUT2D eigenvalue weighted by Crippen LogP contribution is 2.33. The van der Waals surface area contributed by atoms with Crippen molar-refractivity contribution in [3.8, 4) is 0 Å². The van der Waals surface area contributed by atoms with Gasteiger partial charge in [0.25, 0.3) is 20.0 Å². The Morgan fingerprint density at radius 1 is 0.757 bits per heavy atom. The lowest BCUT2D eigenvalue weighted by molar-refractivity contribution is 0.589. The first-order chi connectivity index (χ1) is 17.3. The Balaban J connectivity index is 0.00000320. The van der Waals surface area contributed by atoms with Crippen LogP contribution in [0, 0.1) is 0 Å². The molecule has 0 aliphatic carbocycles. The third kappa shape index (κ3) is 5.80. The molecule has 0 spiro atoms. The highest BCUT2D eigenvalue weighted by atomic mass is 35.5. The lowest BCUT2D eigenvalue weighted by Crippen LogP contribution is -2.43. The normalized spacial score (nSPS) is 14.1. The Morgan fingerprint density at radius 2 is 1.46 bits per heavy atom. The van der Waals surface area contributed by atoms with Crippen molar-refractivity contribution < 1.29 is 16.8 Å². The van der Waals surface area contributed by atoms with E-state index in [1.54, 1.807) is 60.7 Å². The zero-order valence-corrected chi connectivity index (χ0v) is 22.1. The fraction of sp³-hybridized carbons (Fsp3) is 0.160. The van der Waals surface area contributed by atoms with Crippen LogP contribution in [-0.2, 0) is 20.0 Å². The Labute approximate surface area is 222 Å². The van der Waals surface area contributed by atoms with Crippen LogP contribution in [0.25, 0.3) is 10.9 Å². The first-order valence-corrected chi connectivity index (χ1v) is 14.3. The lowest BCUT2D eigenvalue weighted by Gasteiger charge is -2.30. The number of hydrogen-bond donors (Lipinski definition) is 3. The number of pyridine rings is 1. The molecule has 1 fully saturated rings. The minimum atomic E-state index is -4.09. The summed E-state index contributed by atoms with van der Waals surface area (Å²) in [5, 5.41) is 3.96. The SMILES string of the molecule is Cl.O=S(=O)(Nc1cc(N2CCNCC2)ccc1NS(=O)(=O)c1cccc2cccnc12)c1ccccc1. The number of nitrogens with one attached hydrogen (secondary N) is 3. The molecule has 0 bridgehead atoms. The Morgan fingerprint density at radius 3 is 2.22 bits per heavy atom. The minimum Gasteiger partial charge on any atom is -0.369 e. The fourth-order valence-corrected chi connectivity index (χ4v) is 6.47. The summed E-state index contributed by atoms with van der Waals surface area (Å²) in [7, 11) is -8.06. The van der Waals surface area contributed by atoms with Gasteiger partial charge in [-0.2, -0.15) is 0 Å². The number of aromatic nitrogens is 1. The minimum absolute atomic E-state index is 0. The predicted octanol–water partition coefficient (Wildman–Crippen LogP) is 3.67. The Hall–Kier alpha value is -3.38. The molecule has 194 valence electrons. The number of fused-ring (bicyclic) bond motifs is 1. The van der Waals surface area contributed by atoms with Gasteiger partial charge < -0.3 is 10.2 Å². The topological polar surface area (TPSA) is 120 Å². The van der Waals surface area contributed by atoms with Gasteiger partial charge in [-0.15, -0.1) is 12.4 Å². The van der Waals surface area contributed by atoms with Crippen molar-refractivity contribution in [2.24, 2.45) is 0 Å². The van der Waals surface area contributed by atoms with Crippen molar-refractivity contribution in [3.05, 3.63) is 85.1 Å². The zero-order valence-electron chi connectivity index (χ0n) is 19.7. The number of halogens is 1. The van der Waals surface area contributed by atoms with Gasteiger partial charge in [-0.1, -0.05) is 36.4 Å². The largest absolute Gasteiger partial charge is 0.369 e. The monoisotopic (exact) mass is 559 g/mol. The van der Waals surface area contributed by atoms with E-state index in [-0.39, 0.29) is 33.6 Å². The molecule has 12 heteroatoms.